The second kappa shape index (κ2) is 53.7. The maximum atomic E-state index is 12.4. The van der Waals surface area contributed by atoms with Gasteiger partial charge in [-0.05, 0) is 250 Å². The number of carbonyl (C=O) groups is 6. The van der Waals surface area contributed by atoms with Gasteiger partial charge in [-0.15, -0.1) is 20.4 Å². The second-order valence-corrected chi connectivity index (χ2v) is 36.8. The molecule has 17 N–H and O–H groups in total. The van der Waals surface area contributed by atoms with Gasteiger partial charge >= 0.3 is 17.1 Å². The summed E-state index contributed by atoms with van der Waals surface area (Å²) in [4.78, 5) is 80.7. The molecule has 0 saturated carbocycles. The quantitative estimate of drug-likeness (QED) is 0.0243. The van der Waals surface area contributed by atoms with Crippen molar-refractivity contribution in [3.63, 3.8) is 0 Å². The zero-order chi connectivity index (χ0) is 88.6. The van der Waals surface area contributed by atoms with E-state index >= 15 is 0 Å². The van der Waals surface area contributed by atoms with Crippen LogP contribution in [0.4, 0.5) is 5.82 Å². The number of hydrazine groups is 3. The number of Topliss-reactive ketones (excluding diaryl/α,β-unsaturated/α-hetero) is 3. The molecule has 10 aromatic rings. The van der Waals surface area contributed by atoms with Crippen molar-refractivity contribution in [1.82, 2.24) is 36.0 Å². The molecule has 4 heterocycles. The molecule has 3 unspecified atom stereocenters. The number of nitrogen functional groups attached to an aromatic ring is 1. The van der Waals surface area contributed by atoms with E-state index in [9.17, 15) is 38.1 Å². The first-order valence-electron chi connectivity index (χ1n) is 41.4. The van der Waals surface area contributed by atoms with Crippen LogP contribution in [0.2, 0.25) is 5.15 Å². The topological polar surface area (TPSA) is 465 Å². The van der Waals surface area contributed by atoms with Gasteiger partial charge in [-0.25, -0.2) is 16.4 Å². The Bertz CT molecular complexity index is 5340. The Morgan fingerprint density at radius 3 is 1.32 bits per heavy atom. The summed E-state index contributed by atoms with van der Waals surface area (Å²) >= 11 is 19.7. The molecule has 3 atom stereocenters. The number of aromatic amines is 1. The molecule has 3 aromatic heterocycles. The molecule has 125 heavy (non-hydrogen) atoms. The Balaban J connectivity index is 0.000000255. The standard InChI is InChI=1S/C15H18O3.C13H11ClN2.C13H14N4.C13H14N2O.C13H12N2O.C13H14O3.C11H12O.C2H6O.Cl3OP.Db.2H4N2.H2O.H/c1-2-18-14(16)10-12-8-5-7-11-6-3-4-9-13(11)15(12)17;14-12-8-10-6-3-5-9-4-1-2-7-11(9)13(10)16-15-12;14-15-12-8-10-6-3-5-9-4-1-2-7-11(9)13(10)17-16-12;2*16-12-8-10-6-3-5-9-4-1-2-7-11(9)13(10)15-14-12;14-12(15)8-10-6-3-5-9-4-1-2-7-11(9)13(10)16;12-11-8-4-2-6-9-5-1-3-7-10(9)11;1-2-3;1-5(2,3)4;;2*1-2;;/h3-4,6,9,12H,2,5,7-8,10H2,1H3;1-2,4,7-8H,3,5-6H2;1-2,4,7-8H,3,5-6,14H2,(H,15,16);1-2,4,7,10H,3,5-6,8H2,(H,14,16);1-2,4,7-8H,3,5-6H2,(H,14,16);1-2,4,7,10H,3,5-6,8H2,(H,14,15);1,3,5,7H,2,4,6,8H2;3H,2H2,1H3;;;2*1-2H2;1H2;/q;;;;;;;;;;;;;-1/i;;;;;;;;;;;;;1+1. The number of hydrazone groups is 1. The summed E-state index contributed by atoms with van der Waals surface area (Å²) in [6, 6.07) is 62.3. The number of anilines is 1. The molecule has 8 aliphatic rings. The maximum absolute atomic E-state index is 12.4. The number of amides is 1. The molecule has 0 fully saturated rings. The van der Waals surface area contributed by atoms with Crippen LogP contribution in [-0.2, 0) is 87.9 Å². The number of aliphatic hydroxyl groups is 1. The van der Waals surface area contributed by atoms with E-state index in [0.717, 1.165) is 191 Å². The first-order chi connectivity index (χ1) is 59.6. The number of aromatic nitrogens is 6. The maximum Gasteiger partial charge on any atom is 0.339 e. The van der Waals surface area contributed by atoms with E-state index in [1.807, 2.05) is 97.1 Å². The van der Waals surface area contributed by atoms with Crippen LogP contribution in [-0.4, -0.2) is 100 Å². The van der Waals surface area contributed by atoms with Crippen molar-refractivity contribution in [2.45, 2.75) is 174 Å². The fourth-order valence-corrected chi connectivity index (χ4v) is 16.2. The van der Waals surface area contributed by atoms with Crippen molar-refractivity contribution in [1.29, 1.82) is 0 Å². The number of aryl methyl sites for hydroxylation is 10. The van der Waals surface area contributed by atoms with Gasteiger partial charge in [0.15, 0.2) is 28.3 Å². The molecule has 7 aliphatic carbocycles. The number of benzene rings is 7. The summed E-state index contributed by atoms with van der Waals surface area (Å²) in [7, 11) is 0. The molecule has 32 heteroatoms. The van der Waals surface area contributed by atoms with Gasteiger partial charge in [0.1, 0.15) is 0 Å². The van der Waals surface area contributed by atoms with E-state index in [2.05, 4.69) is 183 Å². The van der Waals surface area contributed by atoms with E-state index in [4.69, 9.17) is 32.4 Å². The van der Waals surface area contributed by atoms with Gasteiger partial charge in [0.2, 0.25) is 5.91 Å². The van der Waals surface area contributed by atoms with E-state index in [-0.39, 0.29) is 67.2 Å². The van der Waals surface area contributed by atoms with Crippen LogP contribution in [0.1, 0.15) is 204 Å². The Hall–Kier alpha value is -11.4. The molecule has 18 rings (SSSR count). The van der Waals surface area contributed by atoms with Crippen LogP contribution in [0, 0.1) is 17.8 Å². The molecular weight excluding hydrogens is 1950 g/mol. The van der Waals surface area contributed by atoms with Crippen molar-refractivity contribution in [3.05, 3.63) is 281 Å². The number of carbonyl (C=O) groups excluding carboxylic acids is 5. The largest absolute Gasteiger partial charge is 1.00 e. The minimum atomic E-state index is -3.22. The molecule has 0 radical (unpaired) electrons. The number of nitrogens with one attached hydrogen (secondary N) is 3. The number of H-pyrrole nitrogens is 1. The number of hydrogen-bond acceptors (Lipinski definition) is 22. The molecule has 7 aromatic carbocycles. The summed E-state index contributed by atoms with van der Waals surface area (Å²) in [6.45, 7) is 4.08. The summed E-state index contributed by atoms with van der Waals surface area (Å²) < 4.78 is 14.4. The Morgan fingerprint density at radius 1 is 0.488 bits per heavy atom. The molecule has 0 spiro atoms. The molecular formula is C93H112Cl4DbN14O12P-. The number of ketones is 3. The SMILES string of the molecule is CCO.CCOC(=O)CC1CCCc2ccccc2C1=O.Clc1cc2c(nn1)-c1ccccc1CCC2.NN.NN.NNc1cc2c(nn1)-c1ccccc1CCC2.O.O=C(O)CC1CCCc2ccccc2C1=O.O=C1CC2CCCc3ccccc3C2=NN1.O=C1CCCCc2ccccc21.O=P(Cl)(Cl)Cl.O=c1cc2c(n[nH]1)-c1ccccc1CCC2.[2H-].[Db]. The minimum Gasteiger partial charge on any atom is -1.00 e. The van der Waals surface area contributed by atoms with Gasteiger partial charge < -0.3 is 27.3 Å². The third-order valence-electron chi connectivity index (χ3n) is 21.5. The van der Waals surface area contributed by atoms with E-state index in [0.29, 0.717) is 47.7 Å². The van der Waals surface area contributed by atoms with Gasteiger partial charge in [0.25, 0.3) is 5.56 Å². The number of rotatable bonds is 6. The van der Waals surface area contributed by atoms with Crippen molar-refractivity contribution < 1.29 is 55.2 Å². The number of ether oxygens (including phenoxy) is 1. The number of carboxylic acid groups (broad SMARTS) is 1. The number of aliphatic carboxylic acids is 1. The number of nitrogens with two attached hydrogens (primary N) is 5. The van der Waals surface area contributed by atoms with Crippen LogP contribution in [0.3, 0.4) is 0 Å². The smallest absolute Gasteiger partial charge is 0.339 e. The summed E-state index contributed by atoms with van der Waals surface area (Å²) in [5, 5.41) is 41.1. The molecule has 1 amide bonds. The summed E-state index contributed by atoms with van der Waals surface area (Å²) in [6.07, 6.45) is 22.8. The first-order valence-corrected chi connectivity index (χ1v) is 46.2. The van der Waals surface area contributed by atoms with Crippen LogP contribution >= 0.6 is 50.5 Å². The number of fused-ring (bicyclic) bond motifs is 15. The fraction of sp³-hybridized carbons (Fsp3) is 0.344. The van der Waals surface area contributed by atoms with E-state index in [1.165, 1.54) is 55.6 Å². The number of nitrogens with zero attached hydrogens (tertiary/aromatic N) is 6. The molecule has 0 saturated heterocycles. The Morgan fingerprint density at radius 2 is 0.848 bits per heavy atom. The number of carboxylic acids is 1. The monoisotopic (exact) mass is 2060 g/mol. The molecule has 1 aliphatic heterocycles. The Kier molecular flexibility index (Phi) is 44.0. The van der Waals surface area contributed by atoms with Crippen molar-refractivity contribution in [2.24, 2.45) is 52.1 Å². The first kappa shape index (κ1) is 102. The van der Waals surface area contributed by atoms with Crippen molar-refractivity contribution in [2.75, 3.05) is 18.6 Å². The number of aliphatic hydroxyl groups excluding tert-OH is 1. The third kappa shape index (κ3) is 31.3. The van der Waals surface area contributed by atoms with Crippen LogP contribution in [0.25, 0.3) is 33.8 Å². The summed E-state index contributed by atoms with van der Waals surface area (Å²) in [5.41, 5.74) is 28.6. The average molecular weight is 2060 g/mol. The van der Waals surface area contributed by atoms with Gasteiger partial charge in [-0.2, -0.15) is 10.2 Å². The third-order valence-corrected chi connectivity index (χ3v) is 21.7. The van der Waals surface area contributed by atoms with Crippen molar-refractivity contribution in [3.8, 4) is 33.8 Å². The normalized spacial score (nSPS) is 16.0. The molecule has 0 bridgehead atoms. The predicted octanol–water partition coefficient (Wildman–Crippen LogP) is 16.4. The average Bonchev–Trinajstić information content (AvgIpc) is 1.56. The van der Waals surface area contributed by atoms with Gasteiger partial charge in [0.05, 0.1) is 42.2 Å². The number of esters is 1. The van der Waals surface area contributed by atoms with E-state index < -0.39 is 11.2 Å². The zero-order valence-corrected chi connectivity index (χ0v) is 80.9. The molecule has 662 valence electrons. The van der Waals surface area contributed by atoms with Gasteiger partial charge in [-0.1, -0.05) is 181 Å². The molecule has 26 nitrogen and oxygen atoms in total. The second-order valence-electron chi connectivity index (χ2n) is 29.7. The van der Waals surface area contributed by atoms with Gasteiger partial charge in [0, 0.05) is 82.2 Å². The Labute approximate surface area is 744 Å². The van der Waals surface area contributed by atoms with Crippen molar-refractivity contribution >= 4 is 97.2 Å². The van der Waals surface area contributed by atoms with E-state index in [1.54, 1.807) is 26.0 Å². The zero-order valence-electron chi connectivity index (χ0n) is 71.5. The van der Waals surface area contributed by atoms with Crippen LogP contribution < -0.4 is 45.6 Å². The van der Waals surface area contributed by atoms with Crippen LogP contribution in [0.5, 0.6) is 0 Å². The summed E-state index contributed by atoms with van der Waals surface area (Å²) in [5.74, 6) is 21.0. The number of hydrogen-bond donors (Lipinski definition) is 10. The number of halogens is 4. The van der Waals surface area contributed by atoms with Crippen LogP contribution in [0.15, 0.2) is 198 Å². The fourth-order valence-electron chi connectivity index (χ4n) is 16.1. The predicted molar refractivity (Wildman–Crippen MR) is 492 cm³/mol. The minimum absolute atomic E-state index is 0. The van der Waals surface area contributed by atoms with Gasteiger partial charge in [-0.3, -0.25) is 61.5 Å².